The molecular weight excluding hydrogens is 322 g/mol. The number of aromatic carboxylic acids is 1. The van der Waals surface area contributed by atoms with Gasteiger partial charge in [-0.25, -0.2) is 9.78 Å². The molecule has 0 radical (unpaired) electrons. The van der Waals surface area contributed by atoms with Gasteiger partial charge in [-0.15, -0.1) is 0 Å². The molecule has 1 amide bonds. The second kappa shape index (κ2) is 7.54. The monoisotopic (exact) mass is 337 g/mol. The number of aromatic nitrogens is 2. The van der Waals surface area contributed by atoms with Gasteiger partial charge < -0.3 is 24.9 Å². The van der Waals surface area contributed by atoms with E-state index >= 15 is 0 Å². The minimum absolute atomic E-state index is 0.0624. The van der Waals surface area contributed by atoms with Crippen LogP contribution in [0.3, 0.4) is 0 Å². The molecule has 1 aromatic heterocycles. The van der Waals surface area contributed by atoms with E-state index < -0.39 is 5.97 Å². The number of para-hydroxylation sites is 1. The SMILES string of the molecule is COc1cccc(NC(=O)CSc2nc(C(=O)O)c[nH]2)c1OC. The third kappa shape index (κ3) is 4.16. The molecule has 8 nitrogen and oxygen atoms in total. The first kappa shape index (κ1) is 16.7. The number of carboxylic acids is 1. The zero-order chi connectivity index (χ0) is 16.8. The molecule has 3 N–H and O–H groups in total. The summed E-state index contributed by atoms with van der Waals surface area (Å²) < 4.78 is 10.4. The number of imidazole rings is 1. The number of H-pyrrole nitrogens is 1. The Labute approximate surface area is 136 Å². The highest BCUT2D eigenvalue weighted by Crippen LogP contribution is 2.34. The van der Waals surface area contributed by atoms with Crippen LogP contribution >= 0.6 is 11.8 Å². The van der Waals surface area contributed by atoms with Gasteiger partial charge >= 0.3 is 5.97 Å². The highest BCUT2D eigenvalue weighted by atomic mass is 32.2. The maximum Gasteiger partial charge on any atom is 0.356 e. The number of methoxy groups -OCH3 is 2. The fraction of sp³-hybridized carbons (Fsp3) is 0.214. The Kier molecular flexibility index (Phi) is 5.47. The Hall–Kier alpha value is -2.68. The number of rotatable bonds is 7. The number of benzene rings is 1. The van der Waals surface area contributed by atoms with Gasteiger partial charge in [0.1, 0.15) is 0 Å². The molecule has 0 saturated heterocycles. The van der Waals surface area contributed by atoms with Crippen LogP contribution in [0.5, 0.6) is 11.5 Å². The standard InChI is InChI=1S/C14H15N3O5S/c1-21-10-5-3-4-8(12(10)22-2)16-11(18)7-23-14-15-6-9(17-14)13(19)20/h3-6H,7H2,1-2H3,(H,15,17)(H,16,18)(H,19,20). The lowest BCUT2D eigenvalue weighted by atomic mass is 10.2. The summed E-state index contributed by atoms with van der Waals surface area (Å²) >= 11 is 1.10. The second-order valence-electron chi connectivity index (χ2n) is 4.27. The summed E-state index contributed by atoms with van der Waals surface area (Å²) in [6, 6.07) is 5.15. The number of carbonyl (C=O) groups is 2. The van der Waals surface area contributed by atoms with E-state index in [2.05, 4.69) is 15.3 Å². The van der Waals surface area contributed by atoms with Gasteiger partial charge in [0.25, 0.3) is 0 Å². The van der Waals surface area contributed by atoms with Crippen LogP contribution in [0.1, 0.15) is 10.5 Å². The number of hydrogen-bond donors (Lipinski definition) is 3. The van der Waals surface area contributed by atoms with Gasteiger partial charge in [-0.1, -0.05) is 17.8 Å². The maximum absolute atomic E-state index is 12.0. The van der Waals surface area contributed by atoms with Gasteiger partial charge in [-0.05, 0) is 12.1 Å². The lowest BCUT2D eigenvalue weighted by Gasteiger charge is -2.13. The van der Waals surface area contributed by atoms with Crippen molar-refractivity contribution in [3.05, 3.63) is 30.1 Å². The topological polar surface area (TPSA) is 114 Å². The van der Waals surface area contributed by atoms with Crippen molar-refractivity contribution in [1.82, 2.24) is 9.97 Å². The Morgan fingerprint density at radius 3 is 2.74 bits per heavy atom. The van der Waals surface area contributed by atoms with Crippen LogP contribution in [0.4, 0.5) is 5.69 Å². The van der Waals surface area contributed by atoms with E-state index in [4.69, 9.17) is 14.6 Å². The summed E-state index contributed by atoms with van der Waals surface area (Å²) in [6.07, 6.45) is 1.27. The molecular formula is C14H15N3O5S. The van der Waals surface area contributed by atoms with E-state index in [-0.39, 0.29) is 17.4 Å². The lowest BCUT2D eigenvalue weighted by molar-refractivity contribution is -0.113. The molecule has 0 bridgehead atoms. The number of anilines is 1. The van der Waals surface area contributed by atoms with Crippen molar-refractivity contribution in [1.29, 1.82) is 0 Å². The van der Waals surface area contributed by atoms with Gasteiger partial charge in [0, 0.05) is 6.20 Å². The normalized spacial score (nSPS) is 10.2. The van der Waals surface area contributed by atoms with Gasteiger partial charge in [0.2, 0.25) is 5.91 Å². The van der Waals surface area contributed by atoms with Crippen LogP contribution < -0.4 is 14.8 Å². The number of carboxylic acid groups (broad SMARTS) is 1. The highest BCUT2D eigenvalue weighted by molar-refractivity contribution is 7.99. The summed E-state index contributed by atoms with van der Waals surface area (Å²) in [5.41, 5.74) is 0.394. The molecule has 0 aliphatic rings. The van der Waals surface area contributed by atoms with Crippen LogP contribution in [0.15, 0.2) is 29.6 Å². The van der Waals surface area contributed by atoms with Crippen molar-refractivity contribution in [2.45, 2.75) is 5.16 Å². The summed E-state index contributed by atoms with van der Waals surface area (Å²) in [6.45, 7) is 0. The molecule has 0 saturated carbocycles. The van der Waals surface area contributed by atoms with E-state index in [1.54, 1.807) is 18.2 Å². The highest BCUT2D eigenvalue weighted by Gasteiger charge is 2.14. The Morgan fingerprint density at radius 2 is 2.13 bits per heavy atom. The van der Waals surface area contributed by atoms with Crippen LogP contribution in [-0.2, 0) is 4.79 Å². The molecule has 1 aromatic carbocycles. The average Bonchev–Trinajstić information content (AvgIpc) is 3.02. The molecule has 0 aliphatic carbocycles. The predicted molar refractivity (Wildman–Crippen MR) is 84.4 cm³/mol. The zero-order valence-corrected chi connectivity index (χ0v) is 13.3. The van der Waals surface area contributed by atoms with Crippen LogP contribution in [0.2, 0.25) is 0 Å². The number of thioether (sulfide) groups is 1. The molecule has 0 fully saturated rings. The molecule has 0 spiro atoms. The van der Waals surface area contributed by atoms with E-state index in [1.165, 1.54) is 20.4 Å². The minimum atomic E-state index is -1.13. The van der Waals surface area contributed by atoms with E-state index in [0.717, 1.165) is 11.8 Å². The van der Waals surface area contributed by atoms with E-state index in [9.17, 15) is 9.59 Å². The van der Waals surface area contributed by atoms with Crippen molar-refractivity contribution in [2.75, 3.05) is 25.3 Å². The molecule has 0 unspecified atom stereocenters. The molecule has 122 valence electrons. The molecule has 1 heterocycles. The van der Waals surface area contributed by atoms with Gasteiger partial charge in [-0.3, -0.25) is 4.79 Å². The number of nitrogens with zero attached hydrogens (tertiary/aromatic N) is 1. The van der Waals surface area contributed by atoms with Crippen molar-refractivity contribution in [2.24, 2.45) is 0 Å². The molecule has 0 atom stereocenters. The molecule has 2 aromatic rings. The average molecular weight is 337 g/mol. The predicted octanol–water partition coefficient (Wildman–Crippen LogP) is 1.86. The summed E-state index contributed by atoms with van der Waals surface area (Å²) in [5.74, 6) is -0.407. The minimum Gasteiger partial charge on any atom is -0.493 e. The Morgan fingerprint density at radius 1 is 1.35 bits per heavy atom. The van der Waals surface area contributed by atoms with Gasteiger partial charge in [0.05, 0.1) is 25.7 Å². The fourth-order valence-corrected chi connectivity index (χ4v) is 2.44. The van der Waals surface area contributed by atoms with E-state index in [0.29, 0.717) is 22.3 Å². The summed E-state index contributed by atoms with van der Waals surface area (Å²) in [5, 5.41) is 11.9. The molecule has 0 aliphatic heterocycles. The summed E-state index contributed by atoms with van der Waals surface area (Å²) in [4.78, 5) is 29.3. The largest absolute Gasteiger partial charge is 0.493 e. The van der Waals surface area contributed by atoms with Crippen LogP contribution in [0.25, 0.3) is 0 Å². The van der Waals surface area contributed by atoms with Gasteiger partial charge in [-0.2, -0.15) is 0 Å². The van der Waals surface area contributed by atoms with E-state index in [1.807, 2.05) is 0 Å². The third-order valence-corrected chi connectivity index (χ3v) is 3.68. The Balaban J connectivity index is 1.98. The zero-order valence-electron chi connectivity index (χ0n) is 12.5. The third-order valence-electron chi connectivity index (χ3n) is 2.79. The number of amides is 1. The number of hydrogen-bond acceptors (Lipinski definition) is 6. The van der Waals surface area contributed by atoms with Gasteiger partial charge in [0.15, 0.2) is 22.3 Å². The first-order valence-corrected chi connectivity index (χ1v) is 7.46. The quantitative estimate of drug-likeness (QED) is 0.661. The molecule has 2 rings (SSSR count). The number of nitrogens with one attached hydrogen (secondary N) is 2. The van der Waals surface area contributed by atoms with Crippen LogP contribution in [-0.4, -0.2) is 46.9 Å². The van der Waals surface area contributed by atoms with Crippen molar-refractivity contribution in [3.63, 3.8) is 0 Å². The second-order valence-corrected chi connectivity index (χ2v) is 5.24. The number of carbonyl (C=O) groups excluding carboxylic acids is 1. The molecule has 9 heteroatoms. The first-order chi connectivity index (χ1) is 11.0. The van der Waals surface area contributed by atoms with Crippen molar-refractivity contribution in [3.8, 4) is 11.5 Å². The first-order valence-electron chi connectivity index (χ1n) is 6.47. The van der Waals surface area contributed by atoms with Crippen LogP contribution in [0, 0.1) is 0 Å². The lowest BCUT2D eigenvalue weighted by Crippen LogP contribution is -2.15. The van der Waals surface area contributed by atoms with Crippen molar-refractivity contribution >= 4 is 29.3 Å². The van der Waals surface area contributed by atoms with Crippen molar-refractivity contribution < 1.29 is 24.2 Å². The molecule has 23 heavy (non-hydrogen) atoms. The smallest absolute Gasteiger partial charge is 0.356 e. The number of ether oxygens (including phenoxy) is 2. The Bertz CT molecular complexity index is 716. The summed E-state index contributed by atoms with van der Waals surface area (Å²) in [7, 11) is 2.99. The fourth-order valence-electron chi connectivity index (χ4n) is 1.79. The maximum atomic E-state index is 12.0. The number of aromatic amines is 1.